The molecule has 3 aromatic rings. The number of halogens is 1. The predicted molar refractivity (Wildman–Crippen MR) is 91.7 cm³/mol. The highest BCUT2D eigenvalue weighted by Gasteiger charge is 2.45. The van der Waals surface area contributed by atoms with E-state index >= 15 is 0 Å². The Balaban J connectivity index is 1.54. The molecule has 2 aromatic heterocycles. The number of aromatic nitrogens is 4. The number of rotatable bonds is 4. The number of nitrogens with zero attached hydrogens (tertiary/aromatic N) is 4. The maximum Gasteiger partial charge on any atom is 0.167 e. The summed E-state index contributed by atoms with van der Waals surface area (Å²) in [5.41, 5.74) is 6.56. The summed E-state index contributed by atoms with van der Waals surface area (Å²) < 4.78 is 21.8. The van der Waals surface area contributed by atoms with Crippen molar-refractivity contribution in [3.63, 3.8) is 0 Å². The molecule has 0 aliphatic carbocycles. The van der Waals surface area contributed by atoms with Crippen LogP contribution in [0.5, 0.6) is 0 Å². The molecule has 25 heavy (non-hydrogen) atoms. The summed E-state index contributed by atoms with van der Waals surface area (Å²) in [5.74, 6) is 0.617. The second-order valence-corrected chi connectivity index (χ2v) is 6.80. The molecular weight excluding hydrogens is 345 g/mol. The van der Waals surface area contributed by atoms with Crippen molar-refractivity contribution >= 4 is 28.7 Å². The Bertz CT molecular complexity index is 877. The van der Waals surface area contributed by atoms with Crippen molar-refractivity contribution in [3.8, 4) is 0 Å². The fourth-order valence-corrected chi connectivity index (χ4v) is 3.79. The van der Waals surface area contributed by atoms with Crippen LogP contribution in [0.4, 0.5) is 10.2 Å². The van der Waals surface area contributed by atoms with E-state index in [2.05, 4.69) is 15.0 Å². The maximum absolute atomic E-state index is 14.5. The molecule has 130 valence electrons. The number of aliphatic hydroxyl groups excluding tert-OH is 1. The van der Waals surface area contributed by atoms with Gasteiger partial charge in [0.05, 0.1) is 6.33 Å². The fraction of sp³-hybridized carbons (Fsp3) is 0.312. The van der Waals surface area contributed by atoms with Crippen LogP contribution in [0.2, 0.25) is 0 Å². The van der Waals surface area contributed by atoms with Crippen LogP contribution in [0, 0.1) is 0 Å². The van der Waals surface area contributed by atoms with E-state index in [9.17, 15) is 9.50 Å². The molecule has 0 bridgehead atoms. The molecular formula is C16H16FN5O2S. The molecule has 3 N–H and O–H groups in total. The molecule has 4 rings (SSSR count). The molecule has 0 saturated carbocycles. The Morgan fingerprint density at radius 2 is 2.04 bits per heavy atom. The smallest absolute Gasteiger partial charge is 0.167 e. The van der Waals surface area contributed by atoms with E-state index in [1.165, 1.54) is 29.0 Å². The van der Waals surface area contributed by atoms with Gasteiger partial charge in [0.15, 0.2) is 23.9 Å². The van der Waals surface area contributed by atoms with Gasteiger partial charge in [0, 0.05) is 10.6 Å². The lowest BCUT2D eigenvalue weighted by atomic mass is 10.2. The van der Waals surface area contributed by atoms with Gasteiger partial charge in [-0.3, -0.25) is 4.57 Å². The van der Waals surface area contributed by atoms with Gasteiger partial charge in [0.1, 0.15) is 24.1 Å². The molecule has 1 aliphatic heterocycles. The standard InChI is InChI=1S/C16H16FN5O2S/c17-11-10(6-25-9-4-2-1-3-5-9)24-16(13(11)23)22-8-21-12-14(18)19-7-20-15(12)22/h1-5,7-8,10-11,13,16,23H,6H2,(H2,18,19,20)/t10-,11?,13?,16-/m1/s1. The first-order chi connectivity index (χ1) is 12.1. The van der Waals surface area contributed by atoms with Crippen molar-refractivity contribution in [3.05, 3.63) is 43.0 Å². The SMILES string of the molecule is Nc1ncnc2c1ncn2[C@@H]1O[C@H](CSc2ccccc2)C(F)C1O. The summed E-state index contributed by atoms with van der Waals surface area (Å²) in [6, 6.07) is 9.66. The average molecular weight is 361 g/mol. The molecule has 3 heterocycles. The van der Waals surface area contributed by atoms with Gasteiger partial charge in [-0.25, -0.2) is 19.3 Å². The minimum absolute atomic E-state index is 0.226. The largest absolute Gasteiger partial charge is 0.385 e. The highest BCUT2D eigenvalue weighted by Crippen LogP contribution is 2.35. The molecule has 9 heteroatoms. The molecule has 0 amide bonds. The number of hydrogen-bond donors (Lipinski definition) is 2. The highest BCUT2D eigenvalue weighted by molar-refractivity contribution is 7.99. The first kappa shape index (κ1) is 16.2. The average Bonchev–Trinajstić information content (AvgIpc) is 3.18. The Labute approximate surface area is 147 Å². The number of fused-ring (bicyclic) bond motifs is 1. The molecule has 1 saturated heterocycles. The number of nitrogens with two attached hydrogens (primary N) is 1. The number of thioether (sulfide) groups is 1. The van der Waals surface area contributed by atoms with Gasteiger partial charge in [-0.05, 0) is 12.1 Å². The van der Waals surface area contributed by atoms with Crippen LogP contribution in [0.3, 0.4) is 0 Å². The topological polar surface area (TPSA) is 99.1 Å². The van der Waals surface area contributed by atoms with Gasteiger partial charge >= 0.3 is 0 Å². The van der Waals surface area contributed by atoms with E-state index in [1.54, 1.807) is 0 Å². The second kappa shape index (κ2) is 6.58. The second-order valence-electron chi connectivity index (χ2n) is 5.71. The summed E-state index contributed by atoms with van der Waals surface area (Å²) in [5, 5.41) is 10.3. The molecule has 0 radical (unpaired) electrons. The zero-order valence-electron chi connectivity index (χ0n) is 13.1. The number of aliphatic hydroxyl groups is 1. The van der Waals surface area contributed by atoms with Crippen molar-refractivity contribution in [1.82, 2.24) is 19.5 Å². The molecule has 7 nitrogen and oxygen atoms in total. The van der Waals surface area contributed by atoms with E-state index in [0.29, 0.717) is 16.9 Å². The number of nitrogen functional groups attached to an aromatic ring is 1. The minimum Gasteiger partial charge on any atom is -0.385 e. The highest BCUT2D eigenvalue weighted by atomic mass is 32.2. The van der Waals surface area contributed by atoms with Gasteiger partial charge in [0.2, 0.25) is 0 Å². The number of hydrogen-bond acceptors (Lipinski definition) is 7. The normalized spacial score (nSPS) is 26.3. The van der Waals surface area contributed by atoms with E-state index in [1.807, 2.05) is 30.3 Å². The lowest BCUT2D eigenvalue weighted by molar-refractivity contribution is -0.0286. The van der Waals surface area contributed by atoms with Gasteiger partial charge in [-0.15, -0.1) is 11.8 Å². The van der Waals surface area contributed by atoms with Gasteiger partial charge in [-0.2, -0.15) is 0 Å². The van der Waals surface area contributed by atoms with E-state index in [4.69, 9.17) is 10.5 Å². The quantitative estimate of drug-likeness (QED) is 0.684. The lowest BCUT2D eigenvalue weighted by Crippen LogP contribution is -2.28. The summed E-state index contributed by atoms with van der Waals surface area (Å²) in [7, 11) is 0. The predicted octanol–water partition coefficient (Wildman–Crippen LogP) is 1.80. The summed E-state index contributed by atoms with van der Waals surface area (Å²) in [6.07, 6.45) is -1.72. The molecule has 0 spiro atoms. The number of benzene rings is 1. The van der Waals surface area contributed by atoms with Crippen molar-refractivity contribution in [2.24, 2.45) is 0 Å². The van der Waals surface area contributed by atoms with Crippen LogP contribution in [-0.2, 0) is 4.74 Å². The third-order valence-electron chi connectivity index (χ3n) is 4.11. The van der Waals surface area contributed by atoms with Crippen LogP contribution in [0.1, 0.15) is 6.23 Å². The lowest BCUT2D eigenvalue weighted by Gasteiger charge is -2.16. The number of ether oxygens (including phenoxy) is 1. The first-order valence-corrected chi connectivity index (χ1v) is 8.72. The van der Waals surface area contributed by atoms with Crippen molar-refractivity contribution in [1.29, 1.82) is 0 Å². The zero-order valence-corrected chi connectivity index (χ0v) is 13.9. The number of alkyl halides is 1. The van der Waals surface area contributed by atoms with Crippen LogP contribution in [0.25, 0.3) is 11.2 Å². The fourth-order valence-electron chi connectivity index (χ4n) is 2.82. The van der Waals surface area contributed by atoms with Gasteiger partial charge in [0.25, 0.3) is 0 Å². The summed E-state index contributed by atoms with van der Waals surface area (Å²) in [4.78, 5) is 13.1. The van der Waals surface area contributed by atoms with Crippen LogP contribution in [-0.4, -0.2) is 48.8 Å². The first-order valence-electron chi connectivity index (χ1n) is 7.73. The minimum atomic E-state index is -1.50. The van der Waals surface area contributed by atoms with Crippen molar-refractivity contribution in [2.45, 2.75) is 29.5 Å². The van der Waals surface area contributed by atoms with Gasteiger partial charge in [-0.1, -0.05) is 18.2 Å². The Morgan fingerprint density at radius 1 is 1.24 bits per heavy atom. The summed E-state index contributed by atoms with van der Waals surface area (Å²) >= 11 is 1.48. The van der Waals surface area contributed by atoms with Crippen LogP contribution >= 0.6 is 11.8 Å². The third-order valence-corrected chi connectivity index (χ3v) is 5.21. The molecule has 2 unspecified atom stereocenters. The molecule has 1 fully saturated rings. The monoisotopic (exact) mass is 361 g/mol. The van der Waals surface area contributed by atoms with Crippen molar-refractivity contribution in [2.75, 3.05) is 11.5 Å². The maximum atomic E-state index is 14.5. The zero-order chi connectivity index (χ0) is 17.4. The van der Waals surface area contributed by atoms with Crippen molar-refractivity contribution < 1.29 is 14.2 Å². The molecule has 4 atom stereocenters. The Hall–Kier alpha value is -2.23. The number of anilines is 1. The van der Waals surface area contributed by atoms with Crippen LogP contribution in [0.15, 0.2) is 47.9 Å². The molecule has 1 aromatic carbocycles. The van der Waals surface area contributed by atoms with Crippen LogP contribution < -0.4 is 5.73 Å². The Morgan fingerprint density at radius 3 is 2.84 bits per heavy atom. The van der Waals surface area contributed by atoms with E-state index in [-0.39, 0.29) is 5.82 Å². The molecule has 1 aliphatic rings. The van der Waals surface area contributed by atoms with E-state index in [0.717, 1.165) is 4.90 Å². The number of imidazole rings is 1. The van der Waals surface area contributed by atoms with Gasteiger partial charge < -0.3 is 15.6 Å². The third kappa shape index (κ3) is 2.94. The van der Waals surface area contributed by atoms with E-state index < -0.39 is 24.6 Å². The summed E-state index contributed by atoms with van der Waals surface area (Å²) in [6.45, 7) is 0. The Kier molecular flexibility index (Phi) is 4.28.